The first-order valence-corrected chi connectivity index (χ1v) is 14.8. The third kappa shape index (κ3) is 7.10. The van der Waals surface area contributed by atoms with Crippen molar-refractivity contribution in [1.82, 2.24) is 10.2 Å². The van der Waals surface area contributed by atoms with Gasteiger partial charge in [0.05, 0.1) is 9.91 Å². The Labute approximate surface area is 251 Å². The zero-order chi connectivity index (χ0) is 29.9. The SMILES string of the molecule is CC(C)(C)OC(=O)N1C=C(OCc2ccccc2-c2ccccc2)C[C@H]1C(=O)Nc1ccc(/C=C2\SC(=O)NC2=O)s1. The first-order valence-electron chi connectivity index (χ1n) is 13.2. The minimum atomic E-state index is -0.892. The van der Waals surface area contributed by atoms with Crippen molar-refractivity contribution in [2.75, 3.05) is 5.32 Å². The van der Waals surface area contributed by atoms with E-state index in [0.717, 1.165) is 28.5 Å². The zero-order valence-corrected chi connectivity index (χ0v) is 24.8. The van der Waals surface area contributed by atoms with Crippen molar-refractivity contribution in [1.29, 1.82) is 0 Å². The molecular formula is C31H29N3O6S2. The Hall–Kier alpha value is -4.35. The summed E-state index contributed by atoms with van der Waals surface area (Å²) in [6.45, 7) is 5.53. The van der Waals surface area contributed by atoms with Gasteiger partial charge in [-0.25, -0.2) is 4.79 Å². The average molecular weight is 604 g/mol. The number of nitrogens with one attached hydrogen (secondary N) is 2. The molecule has 2 N–H and O–H groups in total. The van der Waals surface area contributed by atoms with Gasteiger partial charge in [0.15, 0.2) is 0 Å². The number of amides is 4. The van der Waals surface area contributed by atoms with Crippen molar-refractivity contribution in [2.45, 2.75) is 45.4 Å². The third-order valence-electron chi connectivity index (χ3n) is 6.22. The molecule has 9 nitrogen and oxygen atoms in total. The van der Waals surface area contributed by atoms with Crippen LogP contribution in [0.1, 0.15) is 37.6 Å². The molecule has 4 amide bonds. The molecule has 2 aliphatic rings. The highest BCUT2D eigenvalue weighted by atomic mass is 32.2. The monoisotopic (exact) mass is 603 g/mol. The van der Waals surface area contributed by atoms with E-state index in [9.17, 15) is 19.2 Å². The van der Waals surface area contributed by atoms with E-state index in [-0.39, 0.29) is 17.9 Å². The predicted octanol–water partition coefficient (Wildman–Crippen LogP) is 6.75. The van der Waals surface area contributed by atoms with Crippen LogP contribution in [0.15, 0.2) is 83.6 Å². The molecule has 2 aromatic carbocycles. The molecule has 1 fully saturated rings. The maximum atomic E-state index is 13.4. The lowest BCUT2D eigenvalue weighted by atomic mass is 10.0. The van der Waals surface area contributed by atoms with Gasteiger partial charge in [-0.3, -0.25) is 24.6 Å². The maximum Gasteiger partial charge on any atom is 0.415 e. The van der Waals surface area contributed by atoms with Crippen LogP contribution in [0, 0.1) is 0 Å². The molecule has 3 aromatic rings. The highest BCUT2D eigenvalue weighted by molar-refractivity contribution is 8.18. The summed E-state index contributed by atoms with van der Waals surface area (Å²) in [6, 6.07) is 20.5. The molecular weight excluding hydrogens is 574 g/mol. The number of imide groups is 1. The van der Waals surface area contributed by atoms with Crippen molar-refractivity contribution in [3.8, 4) is 11.1 Å². The van der Waals surface area contributed by atoms with Crippen LogP contribution in [0.3, 0.4) is 0 Å². The second-order valence-electron chi connectivity index (χ2n) is 10.6. The Morgan fingerprint density at radius 3 is 2.50 bits per heavy atom. The van der Waals surface area contributed by atoms with Gasteiger partial charge in [-0.15, -0.1) is 11.3 Å². The number of ether oxygens (including phenoxy) is 2. The summed E-state index contributed by atoms with van der Waals surface area (Å²) in [7, 11) is 0. The fraction of sp³-hybridized carbons (Fsp3) is 0.226. The third-order valence-corrected chi connectivity index (χ3v) is 7.98. The van der Waals surface area contributed by atoms with Crippen LogP contribution in [-0.4, -0.2) is 39.7 Å². The summed E-state index contributed by atoms with van der Waals surface area (Å²) >= 11 is 2.07. The van der Waals surface area contributed by atoms with Crippen LogP contribution in [0.2, 0.25) is 0 Å². The van der Waals surface area contributed by atoms with Crippen molar-refractivity contribution in [3.05, 3.63) is 94.0 Å². The molecule has 1 aromatic heterocycles. The molecule has 1 atom stereocenters. The molecule has 0 saturated carbocycles. The van der Waals surface area contributed by atoms with Gasteiger partial charge in [0.2, 0.25) is 5.91 Å². The molecule has 0 spiro atoms. The molecule has 5 rings (SSSR count). The fourth-order valence-corrected chi connectivity index (χ4v) is 5.97. The van der Waals surface area contributed by atoms with Crippen LogP contribution in [0.25, 0.3) is 17.2 Å². The number of hydrogen-bond donors (Lipinski definition) is 2. The largest absolute Gasteiger partial charge is 0.492 e. The minimum Gasteiger partial charge on any atom is -0.492 e. The van der Waals surface area contributed by atoms with Crippen molar-refractivity contribution < 1.29 is 28.7 Å². The quantitative estimate of drug-likeness (QED) is 0.287. The summed E-state index contributed by atoms with van der Waals surface area (Å²) in [5.74, 6) is -0.382. The first kappa shape index (κ1) is 29.2. The van der Waals surface area contributed by atoms with E-state index in [1.807, 2.05) is 54.6 Å². The fourth-order valence-electron chi connectivity index (χ4n) is 4.37. The zero-order valence-electron chi connectivity index (χ0n) is 23.2. The number of thiophene rings is 1. The van der Waals surface area contributed by atoms with Crippen LogP contribution in [0.4, 0.5) is 14.6 Å². The van der Waals surface area contributed by atoms with Crippen molar-refractivity contribution in [2.24, 2.45) is 0 Å². The summed E-state index contributed by atoms with van der Waals surface area (Å²) in [4.78, 5) is 52.1. The summed E-state index contributed by atoms with van der Waals surface area (Å²) in [5, 5.41) is 5.18. The molecule has 42 heavy (non-hydrogen) atoms. The van der Waals surface area contributed by atoms with E-state index in [0.29, 0.717) is 15.6 Å². The van der Waals surface area contributed by atoms with E-state index in [2.05, 4.69) is 10.6 Å². The Balaban J connectivity index is 1.30. The second-order valence-corrected chi connectivity index (χ2v) is 12.7. The van der Waals surface area contributed by atoms with Gasteiger partial charge in [-0.1, -0.05) is 54.6 Å². The van der Waals surface area contributed by atoms with Gasteiger partial charge in [-0.2, -0.15) is 0 Å². The van der Waals surface area contributed by atoms with Crippen LogP contribution >= 0.6 is 23.1 Å². The van der Waals surface area contributed by atoms with E-state index in [1.165, 1.54) is 22.4 Å². The number of carbonyl (C=O) groups excluding carboxylic acids is 4. The molecule has 0 aliphatic carbocycles. The number of thioether (sulfide) groups is 1. The number of anilines is 1. The highest BCUT2D eigenvalue weighted by Gasteiger charge is 2.38. The van der Waals surface area contributed by atoms with Gasteiger partial charge in [0.25, 0.3) is 11.1 Å². The van der Waals surface area contributed by atoms with Crippen molar-refractivity contribution in [3.63, 3.8) is 0 Å². The maximum absolute atomic E-state index is 13.4. The second kappa shape index (κ2) is 12.3. The molecule has 3 heterocycles. The number of hydrogen-bond acceptors (Lipinski definition) is 8. The van der Waals surface area contributed by atoms with Crippen LogP contribution in [0.5, 0.6) is 0 Å². The Kier molecular flexibility index (Phi) is 8.51. The lowest BCUT2D eigenvalue weighted by Crippen LogP contribution is -2.43. The lowest BCUT2D eigenvalue weighted by molar-refractivity contribution is -0.120. The van der Waals surface area contributed by atoms with Gasteiger partial charge in [0.1, 0.15) is 24.0 Å². The van der Waals surface area contributed by atoms with E-state index in [4.69, 9.17) is 9.47 Å². The number of carbonyl (C=O) groups is 4. The molecule has 1 saturated heterocycles. The first-order chi connectivity index (χ1) is 20.1. The molecule has 0 radical (unpaired) electrons. The van der Waals surface area contributed by atoms with Crippen LogP contribution < -0.4 is 10.6 Å². The number of nitrogens with zero attached hydrogens (tertiary/aromatic N) is 1. The Morgan fingerprint density at radius 2 is 1.79 bits per heavy atom. The van der Waals surface area contributed by atoms with Crippen LogP contribution in [-0.2, 0) is 25.7 Å². The summed E-state index contributed by atoms with van der Waals surface area (Å²) < 4.78 is 11.7. The molecule has 2 aliphatic heterocycles. The smallest absolute Gasteiger partial charge is 0.415 e. The Morgan fingerprint density at radius 1 is 1.05 bits per heavy atom. The average Bonchev–Trinajstić information content (AvgIpc) is 3.66. The molecule has 11 heteroatoms. The van der Waals surface area contributed by atoms with Gasteiger partial charge in [0, 0.05) is 17.5 Å². The van der Waals surface area contributed by atoms with Gasteiger partial charge in [-0.05, 0) is 67.4 Å². The van der Waals surface area contributed by atoms with Gasteiger partial charge >= 0.3 is 6.09 Å². The molecule has 216 valence electrons. The highest BCUT2D eigenvalue weighted by Crippen LogP contribution is 2.32. The normalized spacial score (nSPS) is 17.7. The summed E-state index contributed by atoms with van der Waals surface area (Å²) in [6.07, 6.45) is 2.63. The van der Waals surface area contributed by atoms with Gasteiger partial charge < -0.3 is 14.8 Å². The minimum absolute atomic E-state index is 0.166. The Bertz CT molecular complexity index is 1590. The lowest BCUT2D eigenvalue weighted by Gasteiger charge is -2.26. The van der Waals surface area contributed by atoms with E-state index < -0.39 is 34.8 Å². The summed E-state index contributed by atoms with van der Waals surface area (Å²) in [5.41, 5.74) is 2.31. The molecule has 0 unspecified atom stereocenters. The molecule has 0 bridgehead atoms. The van der Waals surface area contributed by atoms with E-state index >= 15 is 0 Å². The van der Waals surface area contributed by atoms with E-state index in [1.54, 1.807) is 39.0 Å². The number of benzene rings is 2. The number of rotatable bonds is 7. The van der Waals surface area contributed by atoms with Crippen molar-refractivity contribution >= 4 is 57.3 Å². The standard InChI is InChI=1S/C31H29N3O6S2/c1-31(2,3)40-30(38)34-17-21(39-18-20-11-7-8-12-23(20)19-9-5-4-6-10-19)15-24(34)27(35)32-26-14-13-22(41-26)16-25-28(36)33-29(37)42-25/h4-14,16-17,24H,15,18H2,1-3H3,(H,32,35)(H,33,36,37)/b25-16-/t24-/m0/s1. The topological polar surface area (TPSA) is 114 Å². The predicted molar refractivity (Wildman–Crippen MR) is 163 cm³/mol.